The van der Waals surface area contributed by atoms with Gasteiger partial charge in [0.2, 0.25) is 0 Å². The fourth-order valence-electron chi connectivity index (χ4n) is 1.80. The highest BCUT2D eigenvalue weighted by Crippen LogP contribution is 2.23. The molecule has 0 unspecified atom stereocenters. The first kappa shape index (κ1) is 17.3. The van der Waals surface area contributed by atoms with E-state index < -0.39 is 32.5 Å². The molecule has 0 fully saturated rings. The zero-order valence-electron chi connectivity index (χ0n) is 12.1. The average Bonchev–Trinajstić information content (AvgIpc) is 2.49. The summed E-state index contributed by atoms with van der Waals surface area (Å²) in [6, 6.07) is 6.38. The van der Waals surface area contributed by atoms with Gasteiger partial charge in [-0.1, -0.05) is 12.1 Å². The highest BCUT2D eigenvalue weighted by atomic mass is 32.2. The lowest BCUT2D eigenvalue weighted by atomic mass is 10.1. The van der Waals surface area contributed by atoms with E-state index in [-0.39, 0.29) is 17.9 Å². The SMILES string of the molecule is COCCc1ccc(OS(=O)(=O)c2cc(F)c(F)cc2F)cc1. The van der Waals surface area contributed by atoms with Gasteiger partial charge < -0.3 is 8.92 Å². The lowest BCUT2D eigenvalue weighted by Crippen LogP contribution is -2.12. The molecular formula is C15H13F3O4S. The van der Waals surface area contributed by atoms with E-state index in [4.69, 9.17) is 8.92 Å². The molecule has 0 N–H and O–H groups in total. The zero-order chi connectivity index (χ0) is 17.0. The molecule has 0 aliphatic rings. The van der Waals surface area contributed by atoms with Gasteiger partial charge in [-0.2, -0.15) is 8.42 Å². The minimum atomic E-state index is -4.62. The van der Waals surface area contributed by atoms with Crippen molar-refractivity contribution in [1.29, 1.82) is 0 Å². The van der Waals surface area contributed by atoms with Crippen molar-refractivity contribution >= 4 is 10.1 Å². The van der Waals surface area contributed by atoms with Gasteiger partial charge in [-0.3, -0.25) is 0 Å². The van der Waals surface area contributed by atoms with Crippen LogP contribution in [-0.4, -0.2) is 22.1 Å². The summed E-state index contributed by atoms with van der Waals surface area (Å²) < 4.78 is 73.1. The molecule has 2 aromatic rings. The second kappa shape index (κ2) is 7.01. The Hall–Kier alpha value is -2.06. The number of halogens is 3. The minimum absolute atomic E-state index is 0.0738. The van der Waals surface area contributed by atoms with Crippen LogP contribution >= 0.6 is 0 Å². The van der Waals surface area contributed by atoms with E-state index in [1.54, 1.807) is 19.2 Å². The number of benzene rings is 2. The summed E-state index contributed by atoms with van der Waals surface area (Å²) in [7, 11) is -3.06. The second-order valence-electron chi connectivity index (χ2n) is 4.62. The number of methoxy groups -OCH3 is 1. The normalized spacial score (nSPS) is 11.5. The molecule has 124 valence electrons. The maximum Gasteiger partial charge on any atom is 0.342 e. The highest BCUT2D eigenvalue weighted by Gasteiger charge is 2.24. The maximum absolute atomic E-state index is 13.6. The summed E-state index contributed by atoms with van der Waals surface area (Å²) in [6.45, 7) is 0.499. The van der Waals surface area contributed by atoms with Crippen LogP contribution < -0.4 is 4.18 Å². The van der Waals surface area contributed by atoms with E-state index in [1.165, 1.54) is 12.1 Å². The lowest BCUT2D eigenvalue weighted by molar-refractivity contribution is 0.202. The zero-order valence-corrected chi connectivity index (χ0v) is 12.9. The molecular weight excluding hydrogens is 333 g/mol. The van der Waals surface area contributed by atoms with Crippen molar-refractivity contribution in [2.45, 2.75) is 11.3 Å². The average molecular weight is 346 g/mol. The molecule has 8 heteroatoms. The summed E-state index contributed by atoms with van der Waals surface area (Å²) >= 11 is 0. The van der Waals surface area contributed by atoms with Gasteiger partial charge in [0.05, 0.1) is 6.61 Å². The number of hydrogen-bond donors (Lipinski definition) is 0. The molecule has 0 atom stereocenters. The van der Waals surface area contributed by atoms with Gasteiger partial charge in [-0.05, 0) is 24.1 Å². The fraction of sp³-hybridized carbons (Fsp3) is 0.200. The topological polar surface area (TPSA) is 52.6 Å². The Morgan fingerprint density at radius 3 is 2.17 bits per heavy atom. The summed E-state index contributed by atoms with van der Waals surface area (Å²) in [5.74, 6) is -4.47. The molecule has 0 radical (unpaired) electrons. The van der Waals surface area contributed by atoms with Crippen molar-refractivity contribution in [2.75, 3.05) is 13.7 Å². The smallest absolute Gasteiger partial charge is 0.342 e. The molecule has 2 aromatic carbocycles. The van der Waals surface area contributed by atoms with Crippen LogP contribution in [0.5, 0.6) is 5.75 Å². The number of rotatable bonds is 6. The van der Waals surface area contributed by atoms with Crippen molar-refractivity contribution in [3.63, 3.8) is 0 Å². The first-order chi connectivity index (χ1) is 10.8. The van der Waals surface area contributed by atoms with Crippen LogP contribution in [0.4, 0.5) is 13.2 Å². The summed E-state index contributed by atoms with van der Waals surface area (Å²) in [5, 5.41) is 0. The highest BCUT2D eigenvalue weighted by molar-refractivity contribution is 7.87. The third kappa shape index (κ3) is 4.23. The van der Waals surface area contributed by atoms with E-state index >= 15 is 0 Å². The van der Waals surface area contributed by atoms with E-state index in [9.17, 15) is 21.6 Å². The largest absolute Gasteiger partial charge is 0.384 e. The van der Waals surface area contributed by atoms with Crippen LogP contribution in [0.15, 0.2) is 41.3 Å². The van der Waals surface area contributed by atoms with Gasteiger partial charge >= 0.3 is 10.1 Å². The predicted molar refractivity (Wildman–Crippen MR) is 76.2 cm³/mol. The van der Waals surface area contributed by atoms with E-state index in [1.807, 2.05) is 0 Å². The van der Waals surface area contributed by atoms with Gasteiger partial charge in [-0.25, -0.2) is 13.2 Å². The quantitative estimate of drug-likeness (QED) is 0.596. The molecule has 0 aromatic heterocycles. The predicted octanol–water partition coefficient (Wildman–Crippen LogP) is 3.06. The van der Waals surface area contributed by atoms with Crippen molar-refractivity contribution < 1.29 is 30.5 Å². The van der Waals surface area contributed by atoms with Crippen molar-refractivity contribution in [3.05, 3.63) is 59.4 Å². The molecule has 2 rings (SSSR count). The van der Waals surface area contributed by atoms with Crippen LogP contribution in [0.1, 0.15) is 5.56 Å². The van der Waals surface area contributed by atoms with Crippen LogP contribution in [0.3, 0.4) is 0 Å². The molecule has 0 saturated carbocycles. The molecule has 23 heavy (non-hydrogen) atoms. The standard InChI is InChI=1S/C15H13F3O4S/c1-21-7-6-10-2-4-11(5-3-10)22-23(19,20)15-9-13(17)12(16)8-14(15)18/h2-5,8-9H,6-7H2,1H3. The Kier molecular flexibility index (Phi) is 5.27. The van der Waals surface area contributed by atoms with Gasteiger partial charge in [0.25, 0.3) is 0 Å². The Morgan fingerprint density at radius 1 is 0.957 bits per heavy atom. The third-order valence-electron chi connectivity index (χ3n) is 2.97. The molecule has 4 nitrogen and oxygen atoms in total. The summed E-state index contributed by atoms with van der Waals surface area (Å²) in [5.41, 5.74) is 0.885. The van der Waals surface area contributed by atoms with Crippen LogP contribution in [0.25, 0.3) is 0 Å². The molecule has 0 saturated heterocycles. The van der Waals surface area contributed by atoms with Crippen molar-refractivity contribution in [3.8, 4) is 5.75 Å². The van der Waals surface area contributed by atoms with E-state index in [0.29, 0.717) is 13.0 Å². The Bertz CT molecular complexity index is 789. The summed E-state index contributed by atoms with van der Waals surface area (Å²) in [6.07, 6.45) is 0.626. The number of ether oxygens (including phenoxy) is 1. The fourth-order valence-corrected chi connectivity index (χ4v) is 2.80. The van der Waals surface area contributed by atoms with Crippen molar-refractivity contribution in [1.82, 2.24) is 0 Å². The van der Waals surface area contributed by atoms with E-state index in [2.05, 4.69) is 0 Å². The molecule has 0 aliphatic heterocycles. The first-order valence-electron chi connectivity index (χ1n) is 6.50. The minimum Gasteiger partial charge on any atom is -0.384 e. The molecule has 0 bridgehead atoms. The van der Waals surface area contributed by atoms with Gasteiger partial charge in [-0.15, -0.1) is 0 Å². The number of hydrogen-bond acceptors (Lipinski definition) is 4. The Labute approximate surface area is 131 Å². The maximum atomic E-state index is 13.6. The molecule has 0 heterocycles. The molecule has 0 spiro atoms. The molecule has 0 amide bonds. The second-order valence-corrected chi connectivity index (χ2v) is 6.14. The van der Waals surface area contributed by atoms with Crippen LogP contribution in [0.2, 0.25) is 0 Å². The first-order valence-corrected chi connectivity index (χ1v) is 7.91. The van der Waals surface area contributed by atoms with Crippen LogP contribution in [-0.2, 0) is 21.3 Å². The van der Waals surface area contributed by atoms with Crippen molar-refractivity contribution in [2.24, 2.45) is 0 Å². The van der Waals surface area contributed by atoms with Gasteiger partial charge in [0, 0.05) is 19.2 Å². The van der Waals surface area contributed by atoms with E-state index in [0.717, 1.165) is 5.56 Å². The van der Waals surface area contributed by atoms with Gasteiger partial charge in [0.1, 0.15) is 16.5 Å². The Morgan fingerprint density at radius 2 is 1.57 bits per heavy atom. The van der Waals surface area contributed by atoms with Crippen LogP contribution in [0, 0.1) is 17.5 Å². The third-order valence-corrected chi connectivity index (χ3v) is 4.23. The molecule has 0 aliphatic carbocycles. The summed E-state index contributed by atoms with van der Waals surface area (Å²) in [4.78, 5) is -1.07. The lowest BCUT2D eigenvalue weighted by Gasteiger charge is -2.09. The Balaban J connectivity index is 2.23. The van der Waals surface area contributed by atoms with Gasteiger partial charge in [0.15, 0.2) is 11.6 Å². The monoisotopic (exact) mass is 346 g/mol.